The fourth-order valence-electron chi connectivity index (χ4n) is 2.56. The molecule has 9 heteroatoms. The van der Waals surface area contributed by atoms with E-state index in [-0.39, 0.29) is 11.7 Å². The van der Waals surface area contributed by atoms with E-state index in [0.717, 1.165) is 11.5 Å². The second kappa shape index (κ2) is 8.49. The van der Waals surface area contributed by atoms with Crippen LogP contribution in [0.2, 0.25) is 5.02 Å². The molecule has 0 aliphatic carbocycles. The lowest BCUT2D eigenvalue weighted by atomic mass is 10.3. The molecule has 0 unspecified atom stereocenters. The number of hydrogen-bond acceptors (Lipinski definition) is 5. The maximum atomic E-state index is 12.3. The summed E-state index contributed by atoms with van der Waals surface area (Å²) in [7, 11) is 5.44. The fraction of sp³-hybridized carbons (Fsp3) is 0.278. The number of carbonyl (C=O) groups is 1. The zero-order valence-corrected chi connectivity index (χ0v) is 16.8. The van der Waals surface area contributed by atoms with Crippen LogP contribution >= 0.6 is 23.4 Å². The number of hydrogen-bond donors (Lipinski definition) is 1. The first kappa shape index (κ1) is 19.3. The van der Waals surface area contributed by atoms with Crippen molar-refractivity contribution in [2.75, 3.05) is 18.2 Å². The van der Waals surface area contributed by atoms with Gasteiger partial charge in [-0.05, 0) is 30.3 Å². The Morgan fingerprint density at radius 2 is 2.11 bits per heavy atom. The van der Waals surface area contributed by atoms with E-state index < -0.39 is 0 Å². The van der Waals surface area contributed by atoms with Gasteiger partial charge in [0.15, 0.2) is 5.16 Å². The van der Waals surface area contributed by atoms with Gasteiger partial charge in [0.25, 0.3) is 0 Å². The molecular formula is C18H20ClN5O2S. The van der Waals surface area contributed by atoms with Crippen molar-refractivity contribution >= 4 is 35.0 Å². The van der Waals surface area contributed by atoms with Crippen LogP contribution in [0.25, 0.3) is 0 Å². The van der Waals surface area contributed by atoms with Gasteiger partial charge >= 0.3 is 0 Å². The van der Waals surface area contributed by atoms with Crippen LogP contribution in [0.5, 0.6) is 5.75 Å². The van der Waals surface area contributed by atoms with Gasteiger partial charge in [-0.1, -0.05) is 23.4 Å². The van der Waals surface area contributed by atoms with Gasteiger partial charge in [0, 0.05) is 37.4 Å². The average Bonchev–Trinajstić information content (AvgIpc) is 3.20. The van der Waals surface area contributed by atoms with Crippen molar-refractivity contribution in [1.82, 2.24) is 19.3 Å². The zero-order valence-electron chi connectivity index (χ0n) is 15.3. The lowest BCUT2D eigenvalue weighted by Gasteiger charge is -2.10. The Labute approximate surface area is 166 Å². The van der Waals surface area contributed by atoms with E-state index in [9.17, 15) is 4.79 Å². The van der Waals surface area contributed by atoms with E-state index in [1.165, 1.54) is 11.8 Å². The summed E-state index contributed by atoms with van der Waals surface area (Å²) in [6.45, 7) is 0. The predicted octanol–water partition coefficient (Wildman–Crippen LogP) is 3.14. The molecule has 1 N–H and O–H groups in total. The molecule has 1 amide bonds. The monoisotopic (exact) mass is 405 g/mol. The van der Waals surface area contributed by atoms with E-state index in [1.54, 1.807) is 25.3 Å². The number of aromatic nitrogens is 4. The van der Waals surface area contributed by atoms with E-state index >= 15 is 0 Å². The topological polar surface area (TPSA) is 74.0 Å². The minimum atomic E-state index is -0.174. The number of thioether (sulfide) groups is 1. The molecule has 0 bridgehead atoms. The normalized spacial score (nSPS) is 10.8. The molecule has 0 aliphatic heterocycles. The summed E-state index contributed by atoms with van der Waals surface area (Å²) < 4.78 is 9.19. The van der Waals surface area contributed by atoms with Gasteiger partial charge in [0.1, 0.15) is 11.6 Å². The fourth-order valence-corrected chi connectivity index (χ4v) is 3.46. The number of aryl methyl sites for hydroxylation is 1. The molecule has 3 rings (SSSR count). The third-order valence-electron chi connectivity index (χ3n) is 4.08. The maximum absolute atomic E-state index is 12.3. The maximum Gasteiger partial charge on any atom is 0.234 e. The molecule has 7 nitrogen and oxygen atoms in total. The SMILES string of the molecule is COc1ccc(Cl)cc1NC(=O)CSc1nnc(Cc2cccn2C)n1C. The number of nitrogens with one attached hydrogen (secondary N) is 1. The summed E-state index contributed by atoms with van der Waals surface area (Å²) in [5, 5.41) is 12.5. The molecule has 0 atom stereocenters. The highest BCUT2D eigenvalue weighted by molar-refractivity contribution is 7.99. The van der Waals surface area contributed by atoms with Crippen molar-refractivity contribution in [2.24, 2.45) is 14.1 Å². The van der Waals surface area contributed by atoms with Crippen LogP contribution in [0.3, 0.4) is 0 Å². The summed E-state index contributed by atoms with van der Waals surface area (Å²) in [6, 6.07) is 9.12. The quantitative estimate of drug-likeness (QED) is 0.611. The molecule has 2 heterocycles. The van der Waals surface area contributed by atoms with Crippen LogP contribution < -0.4 is 10.1 Å². The van der Waals surface area contributed by atoms with Crippen LogP contribution in [0.15, 0.2) is 41.7 Å². The number of carbonyl (C=O) groups excluding carboxylic acids is 1. The van der Waals surface area contributed by atoms with Crippen LogP contribution in [-0.2, 0) is 25.3 Å². The molecule has 3 aromatic rings. The molecule has 142 valence electrons. The molecule has 0 aliphatic rings. The summed E-state index contributed by atoms with van der Waals surface area (Å²) in [4.78, 5) is 12.3. The second-order valence-corrected chi connectivity index (χ2v) is 7.31. The Morgan fingerprint density at radius 1 is 1.30 bits per heavy atom. The average molecular weight is 406 g/mol. The van der Waals surface area contributed by atoms with Gasteiger partial charge in [-0.15, -0.1) is 10.2 Å². The molecule has 0 saturated heterocycles. The Balaban J connectivity index is 1.61. The van der Waals surface area contributed by atoms with Gasteiger partial charge in [-0.2, -0.15) is 0 Å². The first-order valence-electron chi connectivity index (χ1n) is 8.22. The van der Waals surface area contributed by atoms with Crippen LogP contribution in [0.4, 0.5) is 5.69 Å². The first-order valence-corrected chi connectivity index (χ1v) is 9.59. The molecule has 2 aromatic heterocycles. The number of benzene rings is 1. The highest BCUT2D eigenvalue weighted by atomic mass is 35.5. The van der Waals surface area contributed by atoms with E-state index in [1.807, 2.05) is 41.6 Å². The minimum Gasteiger partial charge on any atom is -0.495 e. The van der Waals surface area contributed by atoms with Crippen molar-refractivity contribution in [3.63, 3.8) is 0 Å². The highest BCUT2D eigenvalue weighted by Gasteiger charge is 2.14. The number of halogens is 1. The van der Waals surface area contributed by atoms with Gasteiger partial charge in [-0.25, -0.2) is 0 Å². The zero-order chi connectivity index (χ0) is 19.4. The Kier molecular flexibility index (Phi) is 6.08. The third-order valence-corrected chi connectivity index (χ3v) is 5.34. The van der Waals surface area contributed by atoms with Gasteiger partial charge in [0.2, 0.25) is 5.91 Å². The summed E-state index contributed by atoms with van der Waals surface area (Å²) in [6.07, 6.45) is 2.68. The summed E-state index contributed by atoms with van der Waals surface area (Å²) in [5.74, 6) is 1.43. The van der Waals surface area contributed by atoms with Crippen LogP contribution in [-0.4, -0.2) is 38.1 Å². The van der Waals surface area contributed by atoms with Crippen molar-refractivity contribution in [3.05, 3.63) is 53.1 Å². The Hall–Kier alpha value is -2.45. The van der Waals surface area contributed by atoms with Gasteiger partial charge < -0.3 is 19.2 Å². The molecule has 0 fully saturated rings. The predicted molar refractivity (Wildman–Crippen MR) is 107 cm³/mol. The van der Waals surface area contributed by atoms with Crippen molar-refractivity contribution in [2.45, 2.75) is 11.6 Å². The van der Waals surface area contributed by atoms with E-state index in [0.29, 0.717) is 28.0 Å². The number of rotatable bonds is 7. The standard InChI is InChI=1S/C18H20ClN5O2S/c1-23-8-4-5-13(23)10-16-21-22-18(24(16)2)27-11-17(25)20-14-9-12(19)6-7-15(14)26-3/h4-9H,10-11H2,1-3H3,(H,20,25). The van der Waals surface area contributed by atoms with Crippen molar-refractivity contribution in [1.29, 1.82) is 0 Å². The number of nitrogens with zero attached hydrogens (tertiary/aromatic N) is 4. The molecule has 1 aromatic carbocycles. The minimum absolute atomic E-state index is 0.174. The highest BCUT2D eigenvalue weighted by Crippen LogP contribution is 2.28. The molecule has 0 saturated carbocycles. The molecule has 0 spiro atoms. The van der Waals surface area contributed by atoms with Crippen molar-refractivity contribution < 1.29 is 9.53 Å². The van der Waals surface area contributed by atoms with Crippen molar-refractivity contribution in [3.8, 4) is 5.75 Å². The number of ether oxygens (including phenoxy) is 1. The largest absolute Gasteiger partial charge is 0.495 e. The van der Waals surface area contributed by atoms with Gasteiger partial charge in [-0.3, -0.25) is 4.79 Å². The summed E-state index contributed by atoms with van der Waals surface area (Å²) in [5.41, 5.74) is 1.69. The molecular weight excluding hydrogens is 386 g/mol. The second-order valence-electron chi connectivity index (χ2n) is 5.93. The lowest BCUT2D eigenvalue weighted by Crippen LogP contribution is -2.15. The smallest absolute Gasteiger partial charge is 0.234 e. The Morgan fingerprint density at radius 3 is 2.81 bits per heavy atom. The lowest BCUT2D eigenvalue weighted by molar-refractivity contribution is -0.113. The first-order chi connectivity index (χ1) is 13.0. The van der Waals surface area contributed by atoms with Crippen LogP contribution in [0.1, 0.15) is 11.5 Å². The molecule has 27 heavy (non-hydrogen) atoms. The molecule has 0 radical (unpaired) electrons. The number of anilines is 1. The van der Waals surface area contributed by atoms with E-state index in [4.69, 9.17) is 16.3 Å². The van der Waals surface area contributed by atoms with Crippen LogP contribution in [0, 0.1) is 0 Å². The van der Waals surface area contributed by atoms with Gasteiger partial charge in [0.05, 0.1) is 18.6 Å². The third kappa shape index (κ3) is 4.64. The number of methoxy groups -OCH3 is 1. The summed E-state index contributed by atoms with van der Waals surface area (Å²) >= 11 is 7.31. The number of amides is 1. The van der Waals surface area contributed by atoms with E-state index in [2.05, 4.69) is 15.5 Å². The Bertz CT molecular complexity index is 953.